The van der Waals surface area contributed by atoms with Crippen molar-refractivity contribution in [2.45, 2.75) is 38.7 Å². The van der Waals surface area contributed by atoms with E-state index in [0.29, 0.717) is 6.54 Å². The van der Waals surface area contributed by atoms with E-state index in [1.165, 1.54) is 5.56 Å². The molecule has 0 saturated carbocycles. The molecular formula is C22H29N5O2. The lowest BCUT2D eigenvalue weighted by Crippen LogP contribution is -2.42. The molecule has 4 rings (SSSR count). The van der Waals surface area contributed by atoms with Gasteiger partial charge in [-0.05, 0) is 44.7 Å². The fraction of sp³-hybridized carbons (Fsp3) is 0.500. The number of nitrogens with zero attached hydrogens (tertiary/aromatic N) is 3. The molecule has 1 amide bonds. The van der Waals surface area contributed by atoms with Gasteiger partial charge in [-0.3, -0.25) is 4.79 Å². The van der Waals surface area contributed by atoms with Crippen molar-refractivity contribution in [2.75, 3.05) is 36.5 Å². The van der Waals surface area contributed by atoms with Gasteiger partial charge in [0, 0.05) is 43.9 Å². The van der Waals surface area contributed by atoms with E-state index in [9.17, 15) is 4.79 Å². The molecule has 0 aliphatic carbocycles. The Hall–Kier alpha value is -2.67. The Morgan fingerprint density at radius 1 is 1.17 bits per heavy atom. The first-order valence-corrected chi connectivity index (χ1v) is 10.5. The van der Waals surface area contributed by atoms with Gasteiger partial charge >= 0.3 is 0 Å². The van der Waals surface area contributed by atoms with Crippen molar-refractivity contribution in [3.63, 3.8) is 0 Å². The average Bonchev–Trinajstić information content (AvgIpc) is 3.28. The number of ether oxygens (including phenoxy) is 1. The number of piperidine rings is 1. The number of rotatable bonds is 6. The van der Waals surface area contributed by atoms with Gasteiger partial charge in [0.15, 0.2) is 0 Å². The van der Waals surface area contributed by atoms with Crippen LogP contribution in [0.5, 0.6) is 0 Å². The Morgan fingerprint density at radius 3 is 2.69 bits per heavy atom. The molecule has 154 valence electrons. The number of hydrogen-bond acceptors (Lipinski definition) is 6. The van der Waals surface area contributed by atoms with Gasteiger partial charge in [0.1, 0.15) is 18.0 Å². The SMILES string of the molecule is Cc1ccc(Nc2cc(N3CCC(C(=O)NC[C@H]4CCCO4)CC3)ncn2)cc1. The predicted octanol–water partition coefficient (Wildman–Crippen LogP) is 3.04. The molecule has 2 saturated heterocycles. The Bertz CT molecular complexity index is 812. The molecule has 0 radical (unpaired) electrons. The highest BCUT2D eigenvalue weighted by atomic mass is 16.5. The van der Waals surface area contributed by atoms with Crippen LogP contribution in [0.2, 0.25) is 0 Å². The van der Waals surface area contributed by atoms with Crippen molar-refractivity contribution in [1.29, 1.82) is 0 Å². The maximum atomic E-state index is 12.5. The molecule has 0 unspecified atom stereocenters. The van der Waals surface area contributed by atoms with Crippen LogP contribution in [-0.4, -0.2) is 48.2 Å². The van der Waals surface area contributed by atoms with Gasteiger partial charge in [-0.25, -0.2) is 9.97 Å². The summed E-state index contributed by atoms with van der Waals surface area (Å²) in [6.45, 7) is 5.16. The van der Waals surface area contributed by atoms with E-state index in [4.69, 9.17) is 4.74 Å². The molecule has 3 heterocycles. The zero-order chi connectivity index (χ0) is 20.1. The lowest BCUT2D eigenvalue weighted by Gasteiger charge is -2.32. The second-order valence-electron chi connectivity index (χ2n) is 7.89. The van der Waals surface area contributed by atoms with Crippen molar-refractivity contribution in [1.82, 2.24) is 15.3 Å². The number of carbonyl (C=O) groups excluding carboxylic acids is 1. The monoisotopic (exact) mass is 395 g/mol. The summed E-state index contributed by atoms with van der Waals surface area (Å²) in [5.41, 5.74) is 2.23. The normalized spacial score (nSPS) is 19.9. The summed E-state index contributed by atoms with van der Waals surface area (Å²) in [4.78, 5) is 23.5. The molecule has 0 bridgehead atoms. The summed E-state index contributed by atoms with van der Waals surface area (Å²) >= 11 is 0. The summed E-state index contributed by atoms with van der Waals surface area (Å²) in [7, 11) is 0. The lowest BCUT2D eigenvalue weighted by molar-refractivity contribution is -0.126. The summed E-state index contributed by atoms with van der Waals surface area (Å²) in [6, 6.07) is 10.2. The largest absolute Gasteiger partial charge is 0.376 e. The third kappa shape index (κ3) is 5.23. The Kier molecular flexibility index (Phi) is 6.24. The van der Waals surface area contributed by atoms with Gasteiger partial charge in [0.2, 0.25) is 5.91 Å². The van der Waals surface area contributed by atoms with Crippen LogP contribution >= 0.6 is 0 Å². The molecule has 7 nitrogen and oxygen atoms in total. The Morgan fingerprint density at radius 2 is 1.97 bits per heavy atom. The second-order valence-corrected chi connectivity index (χ2v) is 7.89. The third-order valence-electron chi connectivity index (χ3n) is 5.69. The van der Waals surface area contributed by atoms with Crippen LogP contribution in [0.4, 0.5) is 17.3 Å². The first kappa shape index (κ1) is 19.6. The zero-order valence-corrected chi connectivity index (χ0v) is 16.9. The van der Waals surface area contributed by atoms with Gasteiger partial charge in [0.05, 0.1) is 6.10 Å². The molecular weight excluding hydrogens is 366 g/mol. The van der Waals surface area contributed by atoms with E-state index in [1.807, 2.05) is 18.2 Å². The fourth-order valence-corrected chi connectivity index (χ4v) is 3.91. The summed E-state index contributed by atoms with van der Waals surface area (Å²) in [5, 5.41) is 6.40. The minimum atomic E-state index is 0.0691. The number of aromatic nitrogens is 2. The molecule has 1 atom stereocenters. The Labute approximate surface area is 171 Å². The lowest BCUT2D eigenvalue weighted by atomic mass is 9.96. The molecule has 29 heavy (non-hydrogen) atoms. The van der Waals surface area contributed by atoms with E-state index >= 15 is 0 Å². The van der Waals surface area contributed by atoms with Gasteiger partial charge in [-0.1, -0.05) is 17.7 Å². The summed E-state index contributed by atoms with van der Waals surface area (Å²) in [5.74, 6) is 1.90. The van der Waals surface area contributed by atoms with Crippen LogP contribution in [0.1, 0.15) is 31.2 Å². The topological polar surface area (TPSA) is 79.4 Å². The van der Waals surface area contributed by atoms with Crippen LogP contribution in [0.15, 0.2) is 36.7 Å². The van der Waals surface area contributed by atoms with Gasteiger partial charge in [-0.15, -0.1) is 0 Å². The predicted molar refractivity (Wildman–Crippen MR) is 113 cm³/mol. The molecule has 1 aromatic heterocycles. The maximum absolute atomic E-state index is 12.5. The number of anilines is 3. The van der Waals surface area contributed by atoms with Crippen LogP contribution < -0.4 is 15.5 Å². The molecule has 1 aromatic carbocycles. The molecule has 7 heteroatoms. The minimum Gasteiger partial charge on any atom is -0.376 e. The van der Waals surface area contributed by atoms with Gasteiger partial charge in [-0.2, -0.15) is 0 Å². The van der Waals surface area contributed by atoms with Crippen molar-refractivity contribution >= 4 is 23.2 Å². The highest BCUT2D eigenvalue weighted by Crippen LogP contribution is 2.24. The zero-order valence-electron chi connectivity index (χ0n) is 16.9. The smallest absolute Gasteiger partial charge is 0.223 e. The molecule has 2 aliphatic heterocycles. The van der Waals surface area contributed by atoms with Crippen molar-refractivity contribution in [2.24, 2.45) is 5.92 Å². The molecule has 2 aromatic rings. The van der Waals surface area contributed by atoms with Gasteiger partial charge in [0.25, 0.3) is 0 Å². The van der Waals surface area contributed by atoms with Crippen LogP contribution in [0, 0.1) is 12.8 Å². The quantitative estimate of drug-likeness (QED) is 0.783. The standard InChI is InChI=1S/C22H29N5O2/c1-16-4-6-18(7-5-16)26-20-13-21(25-15-24-20)27-10-8-17(9-11-27)22(28)23-14-19-3-2-12-29-19/h4-7,13,15,17,19H,2-3,8-12,14H2,1H3,(H,23,28)(H,24,25,26)/t19-/m1/s1. The highest BCUT2D eigenvalue weighted by molar-refractivity contribution is 5.79. The van der Waals surface area contributed by atoms with E-state index in [-0.39, 0.29) is 17.9 Å². The number of hydrogen-bond donors (Lipinski definition) is 2. The van der Waals surface area contributed by atoms with Crippen molar-refractivity contribution in [3.05, 3.63) is 42.2 Å². The van der Waals surface area contributed by atoms with Crippen LogP contribution in [0.25, 0.3) is 0 Å². The number of carbonyl (C=O) groups is 1. The van der Waals surface area contributed by atoms with Crippen LogP contribution in [0.3, 0.4) is 0 Å². The molecule has 2 fully saturated rings. The van der Waals surface area contributed by atoms with E-state index in [0.717, 1.165) is 62.7 Å². The van der Waals surface area contributed by atoms with E-state index < -0.39 is 0 Å². The van der Waals surface area contributed by atoms with Gasteiger partial charge < -0.3 is 20.3 Å². The number of amides is 1. The summed E-state index contributed by atoms with van der Waals surface area (Å²) < 4.78 is 5.58. The van der Waals surface area contributed by atoms with Crippen molar-refractivity contribution < 1.29 is 9.53 Å². The molecule has 0 spiro atoms. The van der Waals surface area contributed by atoms with E-state index in [1.54, 1.807) is 6.33 Å². The number of aryl methyl sites for hydroxylation is 1. The molecule has 2 aliphatic rings. The molecule has 2 N–H and O–H groups in total. The fourth-order valence-electron chi connectivity index (χ4n) is 3.91. The van der Waals surface area contributed by atoms with E-state index in [2.05, 4.69) is 44.6 Å². The third-order valence-corrected chi connectivity index (χ3v) is 5.69. The number of nitrogens with one attached hydrogen (secondary N) is 2. The van der Waals surface area contributed by atoms with Crippen LogP contribution in [-0.2, 0) is 9.53 Å². The average molecular weight is 396 g/mol. The maximum Gasteiger partial charge on any atom is 0.223 e. The minimum absolute atomic E-state index is 0.0691. The Balaban J connectivity index is 1.29. The first-order valence-electron chi connectivity index (χ1n) is 10.5. The van der Waals surface area contributed by atoms with Crippen molar-refractivity contribution in [3.8, 4) is 0 Å². The number of benzene rings is 1. The summed E-state index contributed by atoms with van der Waals surface area (Å²) in [6.07, 6.45) is 5.60. The highest BCUT2D eigenvalue weighted by Gasteiger charge is 2.26. The second kappa shape index (κ2) is 9.22. The first-order chi connectivity index (χ1) is 14.2.